The highest BCUT2D eigenvalue weighted by Crippen LogP contribution is 2.26. The number of carbonyl (C=O) groups is 1. The Labute approximate surface area is 208 Å². The molecule has 0 saturated carbocycles. The lowest BCUT2D eigenvalue weighted by molar-refractivity contribution is -0.123. The molecule has 6 nitrogen and oxygen atoms in total. The number of amides is 1. The molecule has 2 N–H and O–H groups in total. The molecule has 1 amide bonds. The summed E-state index contributed by atoms with van der Waals surface area (Å²) >= 11 is 0. The fourth-order valence-electron chi connectivity index (χ4n) is 4.12. The first-order valence-electron chi connectivity index (χ1n) is 11.6. The largest absolute Gasteiger partial charge is 0.495 e. The van der Waals surface area contributed by atoms with Gasteiger partial charge in [-0.05, 0) is 86.6 Å². The van der Waals surface area contributed by atoms with Crippen LogP contribution in [0.25, 0.3) is 0 Å². The van der Waals surface area contributed by atoms with Gasteiger partial charge in [0.1, 0.15) is 16.7 Å². The first kappa shape index (κ1) is 26.4. The van der Waals surface area contributed by atoms with E-state index in [2.05, 4.69) is 29.1 Å². The monoisotopic (exact) mass is 494 g/mol. The van der Waals surface area contributed by atoms with Crippen molar-refractivity contribution >= 4 is 15.9 Å². The Morgan fingerprint density at radius 1 is 0.914 bits per heavy atom. The fourth-order valence-corrected chi connectivity index (χ4v) is 5.57. The van der Waals surface area contributed by atoms with Gasteiger partial charge in [0.25, 0.3) is 0 Å². The molecule has 0 aliphatic carbocycles. The molecule has 0 aliphatic rings. The maximum Gasteiger partial charge on any atom is 0.244 e. The number of nitrogens with one attached hydrogen (secondary N) is 2. The molecule has 0 unspecified atom stereocenters. The molecule has 0 radical (unpaired) electrons. The highest BCUT2D eigenvalue weighted by molar-refractivity contribution is 7.89. The summed E-state index contributed by atoms with van der Waals surface area (Å²) in [5, 5.41) is 3.02. The fraction of sp³-hybridized carbons (Fsp3) is 0.321. The van der Waals surface area contributed by atoms with Crippen molar-refractivity contribution in [1.29, 1.82) is 0 Å². The van der Waals surface area contributed by atoms with Gasteiger partial charge in [-0.2, -0.15) is 4.72 Å². The minimum atomic E-state index is -4.05. The zero-order valence-corrected chi connectivity index (χ0v) is 22.0. The third-order valence-corrected chi connectivity index (χ3v) is 7.71. The maximum atomic E-state index is 13.5. The number of methoxy groups -OCH3 is 1. The van der Waals surface area contributed by atoms with E-state index in [-0.39, 0.29) is 23.1 Å². The molecule has 7 heteroatoms. The molecule has 0 heterocycles. The first-order valence-corrected chi connectivity index (χ1v) is 13.1. The van der Waals surface area contributed by atoms with Gasteiger partial charge in [0.2, 0.25) is 15.9 Å². The van der Waals surface area contributed by atoms with Gasteiger partial charge in [-0.25, -0.2) is 8.42 Å². The van der Waals surface area contributed by atoms with Crippen LogP contribution in [0, 0.1) is 27.7 Å². The van der Waals surface area contributed by atoms with Crippen molar-refractivity contribution in [2.24, 2.45) is 0 Å². The van der Waals surface area contributed by atoms with E-state index in [0.717, 1.165) is 27.8 Å². The molecule has 3 aromatic carbocycles. The molecule has 186 valence electrons. The van der Waals surface area contributed by atoms with Crippen molar-refractivity contribution < 1.29 is 17.9 Å². The number of rotatable bonds is 9. The van der Waals surface area contributed by atoms with Crippen LogP contribution in [0.15, 0.2) is 65.6 Å². The van der Waals surface area contributed by atoms with Crippen LogP contribution >= 0.6 is 0 Å². The Morgan fingerprint density at radius 3 is 2.23 bits per heavy atom. The lowest BCUT2D eigenvalue weighted by atomic mass is 9.96. The Morgan fingerprint density at radius 2 is 1.57 bits per heavy atom. The van der Waals surface area contributed by atoms with Crippen LogP contribution in [0.2, 0.25) is 0 Å². The summed E-state index contributed by atoms with van der Waals surface area (Å²) in [6, 6.07) is 17.2. The quantitative estimate of drug-likeness (QED) is 0.452. The van der Waals surface area contributed by atoms with E-state index in [4.69, 9.17) is 4.74 Å². The second kappa shape index (κ2) is 11.1. The summed E-state index contributed by atoms with van der Waals surface area (Å²) in [5.74, 6) is -0.171. The zero-order chi connectivity index (χ0) is 25.8. The second-order valence-electron chi connectivity index (χ2n) is 9.04. The molecule has 0 aliphatic heterocycles. The van der Waals surface area contributed by atoms with Crippen molar-refractivity contribution in [1.82, 2.24) is 10.0 Å². The standard InChI is InChI=1S/C28H34N2O4S/c1-18-12-13-26(34-6)27(14-18)35(32,33)30-25(17-23-10-8-7-9-11-23)28(31)29-22(5)24-16-20(3)19(2)15-21(24)4/h7-16,22,25,30H,17H2,1-6H3,(H,29,31)/t22-,25+/m1/s1. The molecule has 3 rings (SSSR count). The van der Waals surface area contributed by atoms with Crippen molar-refractivity contribution in [2.45, 2.75) is 58.0 Å². The number of benzene rings is 3. The van der Waals surface area contributed by atoms with Gasteiger partial charge in [0.05, 0.1) is 13.2 Å². The Balaban J connectivity index is 1.92. The van der Waals surface area contributed by atoms with E-state index in [0.29, 0.717) is 0 Å². The third-order valence-electron chi connectivity index (χ3n) is 6.21. The van der Waals surface area contributed by atoms with E-state index in [1.807, 2.05) is 51.1 Å². The smallest absolute Gasteiger partial charge is 0.244 e. The number of sulfonamides is 1. The predicted molar refractivity (Wildman–Crippen MR) is 139 cm³/mol. The minimum Gasteiger partial charge on any atom is -0.495 e. The van der Waals surface area contributed by atoms with Crippen LogP contribution in [-0.2, 0) is 21.2 Å². The first-order chi connectivity index (χ1) is 16.5. The molecule has 0 spiro atoms. The second-order valence-corrected chi connectivity index (χ2v) is 10.7. The van der Waals surface area contributed by atoms with Crippen LogP contribution in [0.3, 0.4) is 0 Å². The van der Waals surface area contributed by atoms with Gasteiger partial charge in [0, 0.05) is 0 Å². The van der Waals surface area contributed by atoms with Gasteiger partial charge in [-0.1, -0.05) is 48.5 Å². The Bertz CT molecular complexity index is 1300. The molecule has 0 aromatic heterocycles. The normalized spacial score (nSPS) is 13.2. The molecule has 0 bridgehead atoms. The molecule has 0 fully saturated rings. The number of hydrogen-bond acceptors (Lipinski definition) is 4. The summed E-state index contributed by atoms with van der Waals surface area (Å²) in [7, 11) is -2.62. The lowest BCUT2D eigenvalue weighted by Gasteiger charge is -2.23. The summed E-state index contributed by atoms with van der Waals surface area (Å²) in [4.78, 5) is 13.5. The Hall–Kier alpha value is -3.16. The highest BCUT2D eigenvalue weighted by Gasteiger charge is 2.29. The molecular weight excluding hydrogens is 460 g/mol. The van der Waals surface area contributed by atoms with Gasteiger partial charge in [-0.3, -0.25) is 4.79 Å². The lowest BCUT2D eigenvalue weighted by Crippen LogP contribution is -2.48. The van der Waals surface area contributed by atoms with Crippen LogP contribution < -0.4 is 14.8 Å². The zero-order valence-electron chi connectivity index (χ0n) is 21.2. The van der Waals surface area contributed by atoms with Gasteiger partial charge in [0.15, 0.2) is 0 Å². The summed E-state index contributed by atoms with van der Waals surface area (Å²) in [6.45, 7) is 9.82. The van der Waals surface area contributed by atoms with Crippen LogP contribution in [0.4, 0.5) is 0 Å². The third kappa shape index (κ3) is 6.50. The van der Waals surface area contributed by atoms with Crippen molar-refractivity contribution in [3.05, 3.63) is 94.0 Å². The molecule has 2 atom stereocenters. The molecular formula is C28H34N2O4S. The molecule has 3 aromatic rings. The van der Waals surface area contributed by atoms with Crippen LogP contribution in [0.1, 0.15) is 46.3 Å². The number of carbonyl (C=O) groups excluding carboxylic acids is 1. The van der Waals surface area contributed by atoms with Gasteiger partial charge in [-0.15, -0.1) is 0 Å². The van der Waals surface area contributed by atoms with Crippen molar-refractivity contribution in [3.8, 4) is 5.75 Å². The van der Waals surface area contributed by atoms with E-state index >= 15 is 0 Å². The van der Waals surface area contributed by atoms with E-state index in [9.17, 15) is 13.2 Å². The van der Waals surface area contributed by atoms with E-state index in [1.54, 1.807) is 25.1 Å². The average Bonchev–Trinajstić information content (AvgIpc) is 2.81. The summed E-state index contributed by atoms with van der Waals surface area (Å²) < 4.78 is 34.7. The highest BCUT2D eigenvalue weighted by atomic mass is 32.2. The van der Waals surface area contributed by atoms with E-state index < -0.39 is 22.0 Å². The topological polar surface area (TPSA) is 84.5 Å². The van der Waals surface area contributed by atoms with E-state index in [1.165, 1.54) is 12.7 Å². The molecule has 0 saturated heterocycles. The number of aryl methyl sites for hydroxylation is 4. The SMILES string of the molecule is COc1ccc(C)cc1S(=O)(=O)N[C@@H](Cc1ccccc1)C(=O)N[C@H](C)c1cc(C)c(C)cc1C. The number of hydrogen-bond donors (Lipinski definition) is 2. The van der Waals surface area contributed by atoms with Crippen molar-refractivity contribution in [2.75, 3.05) is 7.11 Å². The summed E-state index contributed by atoms with van der Waals surface area (Å²) in [5.41, 5.74) is 6.02. The summed E-state index contributed by atoms with van der Waals surface area (Å²) in [6.07, 6.45) is 0.207. The Kier molecular flexibility index (Phi) is 8.35. The van der Waals surface area contributed by atoms with Gasteiger partial charge < -0.3 is 10.1 Å². The van der Waals surface area contributed by atoms with Crippen LogP contribution in [0.5, 0.6) is 5.75 Å². The van der Waals surface area contributed by atoms with Crippen molar-refractivity contribution in [3.63, 3.8) is 0 Å². The van der Waals surface area contributed by atoms with Gasteiger partial charge >= 0.3 is 0 Å². The number of ether oxygens (including phenoxy) is 1. The maximum absolute atomic E-state index is 13.5. The molecule has 35 heavy (non-hydrogen) atoms. The average molecular weight is 495 g/mol. The predicted octanol–water partition coefficient (Wildman–Crippen LogP) is 4.70. The minimum absolute atomic E-state index is 0.00362. The van der Waals surface area contributed by atoms with Crippen LogP contribution in [-0.4, -0.2) is 27.5 Å².